The molecule has 0 aliphatic heterocycles. The highest BCUT2D eigenvalue weighted by Gasteiger charge is 2.11. The van der Waals surface area contributed by atoms with Gasteiger partial charge < -0.3 is 9.64 Å². The van der Waals surface area contributed by atoms with Crippen LogP contribution in [-0.2, 0) is 9.53 Å². The summed E-state index contributed by atoms with van der Waals surface area (Å²) in [6.45, 7) is 11.4. The third-order valence-electron chi connectivity index (χ3n) is 1.57. The fourth-order valence-electron chi connectivity index (χ4n) is 1.05. The lowest BCUT2D eigenvalue weighted by Crippen LogP contribution is -3.12. The van der Waals surface area contributed by atoms with Crippen molar-refractivity contribution in [1.82, 2.24) is 0 Å². The predicted molar refractivity (Wildman–Crippen MR) is 52.6 cm³/mol. The molecule has 1 N–H and O–H groups in total. The smallest absolute Gasteiger partial charge is 0.361 e. The maximum atomic E-state index is 11.1. The third kappa shape index (κ3) is 6.11. The standard InChI is InChI=1S/C10H17NO2/c1-4-7-11(8-5-2)9-10(12)13-6-3/h4-5H,1-2,6-9H2,3H3/p+1. The highest BCUT2D eigenvalue weighted by Crippen LogP contribution is 1.72. The molecule has 0 aromatic carbocycles. The zero-order valence-electron chi connectivity index (χ0n) is 8.21. The van der Waals surface area contributed by atoms with Gasteiger partial charge in [0.25, 0.3) is 0 Å². The van der Waals surface area contributed by atoms with Crippen LogP contribution in [0.15, 0.2) is 25.3 Å². The SMILES string of the molecule is C=CC[NH+](CC=C)CC(=O)OCC. The number of hydrogen-bond donors (Lipinski definition) is 1. The summed E-state index contributed by atoms with van der Waals surface area (Å²) in [5.74, 6) is -0.166. The van der Waals surface area contributed by atoms with E-state index in [1.165, 1.54) is 0 Å². The molecule has 0 atom stereocenters. The van der Waals surface area contributed by atoms with E-state index in [0.717, 1.165) is 18.0 Å². The van der Waals surface area contributed by atoms with E-state index in [-0.39, 0.29) is 5.97 Å². The van der Waals surface area contributed by atoms with Crippen LogP contribution >= 0.6 is 0 Å². The topological polar surface area (TPSA) is 30.7 Å². The first-order chi connectivity index (χ1) is 6.24. The van der Waals surface area contributed by atoms with E-state index in [9.17, 15) is 4.79 Å². The van der Waals surface area contributed by atoms with Crippen molar-refractivity contribution in [3.63, 3.8) is 0 Å². The van der Waals surface area contributed by atoms with Crippen LogP contribution in [0.1, 0.15) is 6.92 Å². The monoisotopic (exact) mass is 184 g/mol. The third-order valence-corrected chi connectivity index (χ3v) is 1.57. The summed E-state index contributed by atoms with van der Waals surface area (Å²) in [5, 5.41) is 0. The summed E-state index contributed by atoms with van der Waals surface area (Å²) in [4.78, 5) is 12.2. The Kier molecular flexibility index (Phi) is 6.92. The van der Waals surface area contributed by atoms with Gasteiger partial charge in [-0.05, 0) is 19.1 Å². The summed E-state index contributed by atoms with van der Waals surface area (Å²) in [6, 6.07) is 0. The second-order valence-corrected chi connectivity index (χ2v) is 2.72. The minimum Gasteiger partial charge on any atom is -0.462 e. The second kappa shape index (κ2) is 7.55. The van der Waals surface area contributed by atoms with E-state index in [0.29, 0.717) is 13.2 Å². The number of nitrogens with one attached hydrogen (secondary N) is 1. The Balaban J connectivity index is 3.84. The molecule has 0 radical (unpaired) electrons. The molecule has 0 heterocycles. The number of hydrogen-bond acceptors (Lipinski definition) is 2. The number of carbonyl (C=O) groups is 1. The summed E-state index contributed by atoms with van der Waals surface area (Å²) >= 11 is 0. The Labute approximate surface area is 79.7 Å². The summed E-state index contributed by atoms with van der Waals surface area (Å²) in [7, 11) is 0. The van der Waals surface area contributed by atoms with Crippen molar-refractivity contribution in [2.45, 2.75) is 6.92 Å². The second-order valence-electron chi connectivity index (χ2n) is 2.72. The van der Waals surface area contributed by atoms with Crippen molar-refractivity contribution >= 4 is 5.97 Å². The molecule has 0 aromatic rings. The number of esters is 1. The molecule has 0 aromatic heterocycles. The molecular formula is C10H18NO2+. The Bertz CT molecular complexity index is 168. The minimum absolute atomic E-state index is 0.166. The Morgan fingerprint density at radius 1 is 1.38 bits per heavy atom. The van der Waals surface area contributed by atoms with Gasteiger partial charge in [0.05, 0.1) is 19.7 Å². The van der Waals surface area contributed by atoms with E-state index in [1.54, 1.807) is 19.1 Å². The lowest BCUT2D eigenvalue weighted by atomic mass is 10.4. The van der Waals surface area contributed by atoms with Gasteiger partial charge in [0.15, 0.2) is 6.54 Å². The fraction of sp³-hybridized carbons (Fsp3) is 0.500. The summed E-state index contributed by atoms with van der Waals surface area (Å²) in [5.41, 5.74) is 0. The van der Waals surface area contributed by atoms with Crippen molar-refractivity contribution in [2.75, 3.05) is 26.2 Å². The van der Waals surface area contributed by atoms with Crippen molar-refractivity contribution in [3.05, 3.63) is 25.3 Å². The average molecular weight is 184 g/mol. The van der Waals surface area contributed by atoms with Gasteiger partial charge in [0, 0.05) is 0 Å². The van der Waals surface area contributed by atoms with E-state index in [2.05, 4.69) is 13.2 Å². The van der Waals surface area contributed by atoms with Crippen molar-refractivity contribution in [3.8, 4) is 0 Å². The molecule has 0 rings (SSSR count). The first kappa shape index (κ1) is 11.9. The van der Waals surface area contributed by atoms with Crippen LogP contribution < -0.4 is 4.90 Å². The van der Waals surface area contributed by atoms with Crippen LogP contribution in [0.2, 0.25) is 0 Å². The number of ether oxygens (including phenoxy) is 1. The van der Waals surface area contributed by atoms with Crippen molar-refractivity contribution in [2.24, 2.45) is 0 Å². The molecule has 13 heavy (non-hydrogen) atoms. The fourth-order valence-corrected chi connectivity index (χ4v) is 1.05. The lowest BCUT2D eigenvalue weighted by molar-refractivity contribution is -0.880. The molecule has 0 unspecified atom stereocenters. The van der Waals surface area contributed by atoms with Gasteiger partial charge in [-0.1, -0.05) is 13.2 Å². The van der Waals surface area contributed by atoms with Gasteiger partial charge in [-0.3, -0.25) is 0 Å². The van der Waals surface area contributed by atoms with Crippen LogP contribution in [0.3, 0.4) is 0 Å². The zero-order valence-corrected chi connectivity index (χ0v) is 8.21. The highest BCUT2D eigenvalue weighted by molar-refractivity contribution is 5.70. The molecule has 3 heteroatoms. The zero-order chi connectivity index (χ0) is 10.1. The normalized spacial score (nSPS) is 9.69. The molecule has 0 bridgehead atoms. The summed E-state index contributed by atoms with van der Waals surface area (Å²) < 4.78 is 4.84. The molecule has 3 nitrogen and oxygen atoms in total. The molecule has 0 amide bonds. The largest absolute Gasteiger partial charge is 0.462 e. The van der Waals surface area contributed by atoms with E-state index in [4.69, 9.17) is 4.74 Å². The van der Waals surface area contributed by atoms with Gasteiger partial charge in [-0.2, -0.15) is 0 Å². The van der Waals surface area contributed by atoms with E-state index < -0.39 is 0 Å². The first-order valence-corrected chi connectivity index (χ1v) is 4.45. The van der Waals surface area contributed by atoms with E-state index >= 15 is 0 Å². The quantitative estimate of drug-likeness (QED) is 0.439. The Morgan fingerprint density at radius 3 is 2.31 bits per heavy atom. The number of quaternary nitrogens is 1. The van der Waals surface area contributed by atoms with Crippen LogP contribution in [0.5, 0.6) is 0 Å². The van der Waals surface area contributed by atoms with E-state index in [1.807, 2.05) is 0 Å². The molecule has 0 aliphatic rings. The van der Waals surface area contributed by atoms with Gasteiger partial charge in [0.2, 0.25) is 0 Å². The van der Waals surface area contributed by atoms with Crippen LogP contribution in [0.4, 0.5) is 0 Å². The van der Waals surface area contributed by atoms with Crippen LogP contribution in [0.25, 0.3) is 0 Å². The summed E-state index contributed by atoms with van der Waals surface area (Å²) in [6.07, 6.45) is 3.58. The molecule has 0 saturated carbocycles. The predicted octanol–water partition coefficient (Wildman–Crippen LogP) is -0.194. The molecular weight excluding hydrogens is 166 g/mol. The van der Waals surface area contributed by atoms with Gasteiger partial charge in [-0.25, -0.2) is 4.79 Å². The van der Waals surface area contributed by atoms with Gasteiger partial charge >= 0.3 is 5.97 Å². The molecule has 74 valence electrons. The van der Waals surface area contributed by atoms with Crippen molar-refractivity contribution in [1.29, 1.82) is 0 Å². The minimum atomic E-state index is -0.166. The molecule has 0 saturated heterocycles. The van der Waals surface area contributed by atoms with Gasteiger partial charge in [0.1, 0.15) is 0 Å². The van der Waals surface area contributed by atoms with Crippen molar-refractivity contribution < 1.29 is 14.4 Å². The van der Waals surface area contributed by atoms with Crippen LogP contribution in [-0.4, -0.2) is 32.2 Å². The molecule has 0 spiro atoms. The number of carbonyl (C=O) groups excluding carboxylic acids is 1. The maximum absolute atomic E-state index is 11.1. The highest BCUT2D eigenvalue weighted by atomic mass is 16.5. The lowest BCUT2D eigenvalue weighted by Gasteiger charge is -2.14. The Morgan fingerprint density at radius 2 is 1.92 bits per heavy atom. The first-order valence-electron chi connectivity index (χ1n) is 4.45. The average Bonchev–Trinajstić information content (AvgIpc) is 2.05. The van der Waals surface area contributed by atoms with Crippen LogP contribution in [0, 0.1) is 0 Å². The van der Waals surface area contributed by atoms with Gasteiger partial charge in [-0.15, -0.1) is 0 Å². The number of rotatable bonds is 7. The molecule has 0 aliphatic carbocycles. The Hall–Kier alpha value is -1.09. The molecule has 0 fully saturated rings. The maximum Gasteiger partial charge on any atom is 0.361 e.